The van der Waals surface area contributed by atoms with Crippen LogP contribution < -0.4 is 11.1 Å². The minimum Gasteiger partial charge on any atom is -0.356 e. The molecule has 0 saturated carbocycles. The lowest BCUT2D eigenvalue weighted by Gasteiger charge is -2.13. The van der Waals surface area contributed by atoms with Gasteiger partial charge in [0.25, 0.3) is 0 Å². The smallest absolute Gasteiger partial charge is 0.220 e. The topological polar surface area (TPSA) is 72.9 Å². The van der Waals surface area contributed by atoms with Crippen molar-refractivity contribution in [3.63, 3.8) is 0 Å². The van der Waals surface area contributed by atoms with Gasteiger partial charge in [-0.15, -0.1) is 0 Å². The summed E-state index contributed by atoms with van der Waals surface area (Å²) in [6.07, 6.45) is 6.74. The fraction of sp³-hybridized carbons (Fsp3) is 0.636. The van der Waals surface area contributed by atoms with Crippen molar-refractivity contribution < 1.29 is 4.79 Å². The highest BCUT2D eigenvalue weighted by molar-refractivity contribution is 5.75. The SMILES string of the molecule is CC(CNC(=O)CCCN)Cn1ccnc1. The molecule has 1 rings (SSSR count). The van der Waals surface area contributed by atoms with Crippen molar-refractivity contribution in [3.05, 3.63) is 18.7 Å². The first kappa shape index (κ1) is 12.7. The number of amides is 1. The number of carbonyl (C=O) groups is 1. The van der Waals surface area contributed by atoms with Crippen molar-refractivity contribution in [1.82, 2.24) is 14.9 Å². The van der Waals surface area contributed by atoms with Crippen LogP contribution in [0.25, 0.3) is 0 Å². The van der Waals surface area contributed by atoms with Gasteiger partial charge in [0.15, 0.2) is 0 Å². The van der Waals surface area contributed by atoms with E-state index in [1.807, 2.05) is 10.8 Å². The molecule has 90 valence electrons. The Bertz CT molecular complexity index is 297. The summed E-state index contributed by atoms with van der Waals surface area (Å²) in [6, 6.07) is 0. The summed E-state index contributed by atoms with van der Waals surface area (Å²) in [5.74, 6) is 0.485. The summed E-state index contributed by atoms with van der Waals surface area (Å²) in [4.78, 5) is 15.3. The van der Waals surface area contributed by atoms with Crippen molar-refractivity contribution >= 4 is 5.91 Å². The second-order valence-electron chi connectivity index (χ2n) is 4.06. The van der Waals surface area contributed by atoms with E-state index in [1.54, 1.807) is 12.5 Å². The van der Waals surface area contributed by atoms with Crippen LogP contribution in [0.1, 0.15) is 19.8 Å². The number of nitrogens with zero attached hydrogens (tertiary/aromatic N) is 2. The minimum atomic E-state index is 0.0860. The molecule has 0 aliphatic heterocycles. The van der Waals surface area contributed by atoms with Crippen LogP contribution in [0.4, 0.5) is 0 Å². The van der Waals surface area contributed by atoms with Crippen LogP contribution in [0, 0.1) is 5.92 Å². The summed E-state index contributed by atoms with van der Waals surface area (Å²) in [5, 5.41) is 2.90. The Hall–Kier alpha value is -1.36. The molecule has 0 saturated heterocycles. The number of nitrogens with two attached hydrogens (primary N) is 1. The second kappa shape index (κ2) is 7.00. The molecular weight excluding hydrogens is 204 g/mol. The molecule has 0 radical (unpaired) electrons. The molecule has 1 aromatic rings. The Labute approximate surface area is 96.0 Å². The van der Waals surface area contributed by atoms with Gasteiger partial charge < -0.3 is 15.6 Å². The normalized spacial score (nSPS) is 12.4. The molecular formula is C11H20N4O. The molecule has 0 aromatic carbocycles. The largest absolute Gasteiger partial charge is 0.356 e. The first-order valence-electron chi connectivity index (χ1n) is 5.65. The maximum absolute atomic E-state index is 11.3. The van der Waals surface area contributed by atoms with Gasteiger partial charge in [-0.1, -0.05) is 6.92 Å². The lowest BCUT2D eigenvalue weighted by Crippen LogP contribution is -2.30. The Morgan fingerprint density at radius 3 is 3.06 bits per heavy atom. The molecule has 5 heteroatoms. The summed E-state index contributed by atoms with van der Waals surface area (Å²) in [6.45, 7) is 4.24. The maximum Gasteiger partial charge on any atom is 0.220 e. The number of hydrogen-bond acceptors (Lipinski definition) is 3. The zero-order chi connectivity index (χ0) is 11.8. The standard InChI is InChI=1S/C11H20N4O/c1-10(8-15-6-5-13-9-15)7-14-11(16)3-2-4-12/h5-6,9-10H,2-4,7-8,12H2,1H3,(H,14,16). The number of aromatic nitrogens is 2. The molecule has 5 nitrogen and oxygen atoms in total. The van der Waals surface area contributed by atoms with Gasteiger partial charge in [-0.05, 0) is 18.9 Å². The van der Waals surface area contributed by atoms with E-state index in [-0.39, 0.29) is 5.91 Å². The predicted octanol–water partition coefficient (Wildman–Crippen LogP) is 0.374. The predicted molar refractivity (Wildman–Crippen MR) is 62.7 cm³/mol. The number of hydrogen-bond donors (Lipinski definition) is 2. The molecule has 0 bridgehead atoms. The van der Waals surface area contributed by atoms with E-state index in [2.05, 4.69) is 17.2 Å². The van der Waals surface area contributed by atoms with Crippen molar-refractivity contribution in [2.24, 2.45) is 11.7 Å². The van der Waals surface area contributed by atoms with Crippen LogP contribution >= 0.6 is 0 Å². The van der Waals surface area contributed by atoms with Gasteiger partial charge in [0.2, 0.25) is 5.91 Å². The number of nitrogens with one attached hydrogen (secondary N) is 1. The van der Waals surface area contributed by atoms with Crippen molar-refractivity contribution in [3.8, 4) is 0 Å². The maximum atomic E-state index is 11.3. The molecule has 1 unspecified atom stereocenters. The van der Waals surface area contributed by atoms with E-state index < -0.39 is 0 Å². The molecule has 0 aliphatic carbocycles. The summed E-state index contributed by atoms with van der Waals surface area (Å²) < 4.78 is 2.01. The molecule has 1 amide bonds. The summed E-state index contributed by atoms with van der Waals surface area (Å²) in [5.41, 5.74) is 5.33. The minimum absolute atomic E-state index is 0.0860. The van der Waals surface area contributed by atoms with E-state index >= 15 is 0 Å². The first-order valence-corrected chi connectivity index (χ1v) is 5.65. The molecule has 1 heterocycles. The average Bonchev–Trinajstić information content (AvgIpc) is 2.76. The van der Waals surface area contributed by atoms with Crippen LogP contribution in [-0.4, -0.2) is 28.5 Å². The molecule has 0 spiro atoms. The van der Waals surface area contributed by atoms with Gasteiger partial charge >= 0.3 is 0 Å². The number of imidazole rings is 1. The van der Waals surface area contributed by atoms with E-state index in [0.29, 0.717) is 25.4 Å². The van der Waals surface area contributed by atoms with E-state index in [1.165, 1.54) is 0 Å². The van der Waals surface area contributed by atoms with Gasteiger partial charge in [-0.25, -0.2) is 4.98 Å². The molecule has 3 N–H and O–H groups in total. The third-order valence-electron chi connectivity index (χ3n) is 2.34. The van der Waals surface area contributed by atoms with Gasteiger partial charge in [0.05, 0.1) is 6.33 Å². The molecule has 1 atom stereocenters. The van der Waals surface area contributed by atoms with E-state index in [4.69, 9.17) is 5.73 Å². The summed E-state index contributed by atoms with van der Waals surface area (Å²) >= 11 is 0. The van der Waals surface area contributed by atoms with Crippen molar-refractivity contribution in [2.45, 2.75) is 26.3 Å². The van der Waals surface area contributed by atoms with Crippen molar-refractivity contribution in [2.75, 3.05) is 13.1 Å². The zero-order valence-electron chi connectivity index (χ0n) is 9.72. The third-order valence-corrected chi connectivity index (χ3v) is 2.34. The fourth-order valence-corrected chi connectivity index (χ4v) is 1.46. The van der Waals surface area contributed by atoms with Gasteiger partial charge in [0.1, 0.15) is 0 Å². The highest BCUT2D eigenvalue weighted by atomic mass is 16.1. The van der Waals surface area contributed by atoms with Crippen LogP contribution in [-0.2, 0) is 11.3 Å². The Kier molecular flexibility index (Phi) is 5.56. The quantitative estimate of drug-likeness (QED) is 0.703. The van der Waals surface area contributed by atoms with Crippen LogP contribution in [0.2, 0.25) is 0 Å². The molecule has 16 heavy (non-hydrogen) atoms. The van der Waals surface area contributed by atoms with Crippen molar-refractivity contribution in [1.29, 1.82) is 0 Å². The Morgan fingerprint density at radius 2 is 2.44 bits per heavy atom. The molecule has 1 aromatic heterocycles. The molecule has 0 aliphatic rings. The van der Waals surface area contributed by atoms with Crippen LogP contribution in [0.5, 0.6) is 0 Å². The second-order valence-corrected chi connectivity index (χ2v) is 4.06. The number of carbonyl (C=O) groups excluding carboxylic acids is 1. The Morgan fingerprint density at radius 1 is 1.62 bits per heavy atom. The number of rotatable bonds is 7. The first-order chi connectivity index (χ1) is 7.72. The highest BCUT2D eigenvalue weighted by Gasteiger charge is 2.05. The lowest BCUT2D eigenvalue weighted by atomic mass is 10.1. The Balaban J connectivity index is 2.15. The monoisotopic (exact) mass is 224 g/mol. The fourth-order valence-electron chi connectivity index (χ4n) is 1.46. The molecule has 0 fully saturated rings. The van der Waals surface area contributed by atoms with Crippen LogP contribution in [0.3, 0.4) is 0 Å². The van der Waals surface area contributed by atoms with E-state index in [9.17, 15) is 4.79 Å². The van der Waals surface area contributed by atoms with E-state index in [0.717, 1.165) is 13.0 Å². The van der Waals surface area contributed by atoms with Gasteiger partial charge in [-0.3, -0.25) is 4.79 Å². The van der Waals surface area contributed by atoms with Crippen LogP contribution in [0.15, 0.2) is 18.7 Å². The third kappa shape index (κ3) is 4.93. The summed E-state index contributed by atoms with van der Waals surface area (Å²) in [7, 11) is 0. The zero-order valence-corrected chi connectivity index (χ0v) is 9.72. The highest BCUT2D eigenvalue weighted by Crippen LogP contribution is 1.99. The average molecular weight is 224 g/mol. The lowest BCUT2D eigenvalue weighted by molar-refractivity contribution is -0.121. The van der Waals surface area contributed by atoms with Gasteiger partial charge in [-0.2, -0.15) is 0 Å². The van der Waals surface area contributed by atoms with Gasteiger partial charge in [0, 0.05) is 31.9 Å².